The molecule has 2 aromatic carbocycles. The highest BCUT2D eigenvalue weighted by Crippen LogP contribution is 2.30. The van der Waals surface area contributed by atoms with Crippen LogP contribution in [0.25, 0.3) is 0 Å². The second-order valence-corrected chi connectivity index (χ2v) is 7.00. The lowest BCUT2D eigenvalue weighted by atomic mass is 10.1. The molecule has 0 aliphatic carbocycles. The van der Waals surface area contributed by atoms with Crippen LogP contribution in [0.1, 0.15) is 21.5 Å². The number of anilines is 2. The topological polar surface area (TPSA) is 111 Å². The van der Waals surface area contributed by atoms with Crippen molar-refractivity contribution in [3.05, 3.63) is 63.2 Å². The molecular weight excluding hydrogens is 390 g/mol. The van der Waals surface area contributed by atoms with Crippen molar-refractivity contribution in [3.63, 3.8) is 0 Å². The van der Waals surface area contributed by atoms with Gasteiger partial charge in [-0.1, -0.05) is 17.7 Å². The normalized spacial score (nSPS) is 13.6. The van der Waals surface area contributed by atoms with E-state index in [-0.39, 0.29) is 11.3 Å². The second kappa shape index (κ2) is 9.36. The van der Waals surface area contributed by atoms with Crippen LogP contribution in [-0.4, -0.2) is 49.7 Å². The van der Waals surface area contributed by atoms with Crippen molar-refractivity contribution in [2.75, 3.05) is 43.1 Å². The monoisotopic (exact) mass is 413 g/mol. The van der Waals surface area contributed by atoms with Gasteiger partial charge in [0.05, 0.1) is 23.7 Å². The molecule has 1 amide bonds. The maximum absolute atomic E-state index is 12.3. The predicted molar refractivity (Wildman–Crippen MR) is 111 cm³/mol. The number of amides is 1. The number of rotatable bonds is 6. The van der Waals surface area contributed by atoms with Crippen LogP contribution in [0.4, 0.5) is 17.1 Å². The first-order chi connectivity index (χ1) is 14.3. The summed E-state index contributed by atoms with van der Waals surface area (Å²) in [6.07, 6.45) is 0. The number of esters is 1. The van der Waals surface area contributed by atoms with Gasteiger partial charge in [-0.05, 0) is 37.6 Å². The largest absolute Gasteiger partial charge is 0.452 e. The Balaban J connectivity index is 1.65. The molecule has 1 saturated heterocycles. The molecule has 2 aromatic rings. The standard InChI is InChI=1S/C21H23N3O6/c1-14-3-5-17(15(2)11-14)22-20(25)13-30-21(26)16-4-6-18(19(12-16)24(27)28)23-7-9-29-10-8-23/h3-6,11-12H,7-10,13H2,1-2H3,(H,22,25). The Hall–Kier alpha value is -3.46. The van der Waals surface area contributed by atoms with Crippen LogP contribution in [0.15, 0.2) is 36.4 Å². The molecule has 0 bridgehead atoms. The number of nitro benzene ring substituents is 1. The molecule has 9 heteroatoms. The summed E-state index contributed by atoms with van der Waals surface area (Å²) in [5.41, 5.74) is 2.84. The summed E-state index contributed by atoms with van der Waals surface area (Å²) in [4.78, 5) is 37.2. The highest BCUT2D eigenvalue weighted by Gasteiger charge is 2.24. The zero-order valence-corrected chi connectivity index (χ0v) is 16.8. The van der Waals surface area contributed by atoms with Gasteiger partial charge < -0.3 is 19.7 Å². The van der Waals surface area contributed by atoms with Crippen molar-refractivity contribution in [1.29, 1.82) is 0 Å². The fraction of sp³-hybridized carbons (Fsp3) is 0.333. The highest BCUT2D eigenvalue weighted by atomic mass is 16.6. The van der Waals surface area contributed by atoms with Crippen molar-refractivity contribution < 1.29 is 24.0 Å². The number of ether oxygens (including phenoxy) is 2. The van der Waals surface area contributed by atoms with Crippen molar-refractivity contribution in [1.82, 2.24) is 0 Å². The number of morpholine rings is 1. The van der Waals surface area contributed by atoms with E-state index in [0.29, 0.717) is 37.7 Å². The number of nitrogens with one attached hydrogen (secondary N) is 1. The van der Waals surface area contributed by atoms with E-state index >= 15 is 0 Å². The lowest BCUT2D eigenvalue weighted by Crippen LogP contribution is -2.36. The Kier molecular flexibility index (Phi) is 6.63. The lowest BCUT2D eigenvalue weighted by molar-refractivity contribution is -0.384. The molecule has 0 radical (unpaired) electrons. The van der Waals surface area contributed by atoms with Gasteiger partial charge >= 0.3 is 5.97 Å². The molecule has 0 aromatic heterocycles. The molecule has 3 rings (SSSR count). The minimum atomic E-state index is -0.803. The van der Waals surface area contributed by atoms with Crippen LogP contribution >= 0.6 is 0 Å². The van der Waals surface area contributed by atoms with E-state index in [2.05, 4.69) is 5.32 Å². The van der Waals surface area contributed by atoms with E-state index in [1.807, 2.05) is 30.9 Å². The predicted octanol–water partition coefficient (Wildman–Crippen LogP) is 2.84. The Morgan fingerprint density at radius 3 is 2.57 bits per heavy atom. The molecule has 0 atom stereocenters. The quantitative estimate of drug-likeness (QED) is 0.440. The third-order valence-electron chi connectivity index (χ3n) is 4.75. The van der Waals surface area contributed by atoms with Crippen LogP contribution in [-0.2, 0) is 14.3 Å². The van der Waals surface area contributed by atoms with Crippen molar-refractivity contribution in [3.8, 4) is 0 Å². The lowest BCUT2D eigenvalue weighted by Gasteiger charge is -2.28. The Morgan fingerprint density at radius 1 is 1.17 bits per heavy atom. The molecule has 1 aliphatic rings. The Morgan fingerprint density at radius 2 is 1.90 bits per heavy atom. The first-order valence-electron chi connectivity index (χ1n) is 9.50. The summed E-state index contributed by atoms with van der Waals surface area (Å²) in [5.74, 6) is -1.29. The molecule has 30 heavy (non-hydrogen) atoms. The number of nitro groups is 1. The molecule has 1 heterocycles. The van der Waals surface area contributed by atoms with Gasteiger partial charge in [0.2, 0.25) is 0 Å². The highest BCUT2D eigenvalue weighted by molar-refractivity contribution is 5.96. The number of hydrogen-bond donors (Lipinski definition) is 1. The molecule has 0 spiro atoms. The number of hydrogen-bond acceptors (Lipinski definition) is 7. The number of aryl methyl sites for hydroxylation is 2. The smallest absolute Gasteiger partial charge is 0.338 e. The van der Waals surface area contributed by atoms with Gasteiger partial charge in [0.15, 0.2) is 6.61 Å². The van der Waals surface area contributed by atoms with Gasteiger partial charge in [-0.3, -0.25) is 14.9 Å². The number of carbonyl (C=O) groups is 2. The van der Waals surface area contributed by atoms with E-state index in [9.17, 15) is 19.7 Å². The maximum atomic E-state index is 12.3. The summed E-state index contributed by atoms with van der Waals surface area (Å²) in [5, 5.41) is 14.2. The summed E-state index contributed by atoms with van der Waals surface area (Å²) < 4.78 is 10.3. The van der Waals surface area contributed by atoms with E-state index in [1.54, 1.807) is 6.07 Å². The summed E-state index contributed by atoms with van der Waals surface area (Å²) in [7, 11) is 0. The summed E-state index contributed by atoms with van der Waals surface area (Å²) in [6.45, 7) is 5.35. The average Bonchev–Trinajstić information content (AvgIpc) is 2.74. The maximum Gasteiger partial charge on any atom is 0.338 e. The minimum absolute atomic E-state index is 0.0121. The molecule has 0 unspecified atom stereocenters. The first kappa shape index (κ1) is 21.3. The molecular formula is C21H23N3O6. The zero-order valence-electron chi connectivity index (χ0n) is 16.8. The van der Waals surface area contributed by atoms with E-state index in [1.165, 1.54) is 18.2 Å². The van der Waals surface area contributed by atoms with Gasteiger partial charge in [-0.25, -0.2) is 4.79 Å². The molecule has 1 fully saturated rings. The average molecular weight is 413 g/mol. The first-order valence-corrected chi connectivity index (χ1v) is 9.50. The summed E-state index contributed by atoms with van der Waals surface area (Å²) in [6, 6.07) is 9.73. The molecule has 9 nitrogen and oxygen atoms in total. The second-order valence-electron chi connectivity index (χ2n) is 7.00. The fourth-order valence-electron chi connectivity index (χ4n) is 3.22. The van der Waals surface area contributed by atoms with Crippen LogP contribution in [0.2, 0.25) is 0 Å². The van der Waals surface area contributed by atoms with Gasteiger partial charge in [-0.15, -0.1) is 0 Å². The Bertz CT molecular complexity index is 969. The van der Waals surface area contributed by atoms with Gasteiger partial charge in [0, 0.05) is 24.8 Å². The van der Waals surface area contributed by atoms with Gasteiger partial charge in [0.25, 0.3) is 11.6 Å². The molecule has 0 saturated carbocycles. The number of carbonyl (C=O) groups excluding carboxylic acids is 2. The zero-order chi connectivity index (χ0) is 21.7. The van der Waals surface area contributed by atoms with Gasteiger partial charge in [-0.2, -0.15) is 0 Å². The number of benzene rings is 2. The molecule has 158 valence electrons. The SMILES string of the molecule is Cc1ccc(NC(=O)COC(=O)c2ccc(N3CCOCC3)c([N+](=O)[O-])c2)c(C)c1. The third-order valence-corrected chi connectivity index (χ3v) is 4.75. The molecule has 1 N–H and O–H groups in total. The van der Waals surface area contributed by atoms with Crippen LogP contribution in [0.5, 0.6) is 0 Å². The Labute approximate surface area is 173 Å². The van der Waals surface area contributed by atoms with E-state index in [4.69, 9.17) is 9.47 Å². The van der Waals surface area contributed by atoms with Crippen LogP contribution in [0.3, 0.4) is 0 Å². The van der Waals surface area contributed by atoms with Crippen molar-refractivity contribution >= 4 is 28.9 Å². The van der Waals surface area contributed by atoms with Crippen LogP contribution < -0.4 is 10.2 Å². The van der Waals surface area contributed by atoms with E-state index in [0.717, 1.165) is 11.1 Å². The fourth-order valence-corrected chi connectivity index (χ4v) is 3.22. The van der Waals surface area contributed by atoms with Crippen molar-refractivity contribution in [2.24, 2.45) is 0 Å². The van der Waals surface area contributed by atoms with E-state index < -0.39 is 23.4 Å². The van der Waals surface area contributed by atoms with Crippen molar-refractivity contribution in [2.45, 2.75) is 13.8 Å². The number of nitrogens with zero attached hydrogens (tertiary/aromatic N) is 2. The third kappa shape index (κ3) is 5.12. The van der Waals surface area contributed by atoms with Gasteiger partial charge in [0.1, 0.15) is 5.69 Å². The van der Waals surface area contributed by atoms with Crippen LogP contribution in [0, 0.1) is 24.0 Å². The summed E-state index contributed by atoms with van der Waals surface area (Å²) >= 11 is 0. The minimum Gasteiger partial charge on any atom is -0.452 e. The molecule has 1 aliphatic heterocycles.